The number of tetrazole rings is 1. The zero-order chi connectivity index (χ0) is 14.5. The predicted molar refractivity (Wildman–Crippen MR) is 81.1 cm³/mol. The molecule has 0 fully saturated rings. The van der Waals surface area contributed by atoms with Crippen LogP contribution in [0.4, 0.5) is 5.69 Å². The molecule has 0 saturated heterocycles. The third kappa shape index (κ3) is 2.96. The van der Waals surface area contributed by atoms with Crippen molar-refractivity contribution in [2.24, 2.45) is 0 Å². The molecule has 2 heterocycles. The van der Waals surface area contributed by atoms with Gasteiger partial charge in [-0.2, -0.15) is 21.8 Å². The number of hydrogen-bond acceptors (Lipinski definition) is 6. The minimum Gasteiger partial charge on any atom is -0.360 e. The number of nitrogens with one attached hydrogen (secondary N) is 2. The van der Waals surface area contributed by atoms with E-state index in [0.717, 1.165) is 11.3 Å². The lowest BCUT2D eigenvalue weighted by Gasteiger charge is -2.04. The van der Waals surface area contributed by atoms with Crippen LogP contribution in [0.15, 0.2) is 47.3 Å². The van der Waals surface area contributed by atoms with Gasteiger partial charge in [-0.1, -0.05) is 12.1 Å². The lowest BCUT2D eigenvalue weighted by molar-refractivity contribution is 0.881. The Bertz CT molecular complexity index is 783. The van der Waals surface area contributed by atoms with Crippen molar-refractivity contribution in [3.8, 4) is 17.2 Å². The lowest BCUT2D eigenvalue weighted by atomic mass is 10.1. The monoisotopic (exact) mass is 294 g/mol. The maximum Gasteiger partial charge on any atom is 0.216 e. The number of anilines is 1. The van der Waals surface area contributed by atoms with Crippen LogP contribution in [0.1, 0.15) is 5.82 Å². The molecule has 102 valence electrons. The first-order valence-electron chi connectivity index (χ1n) is 6.10. The Hall–Kier alpha value is -2.98. The Kier molecular flexibility index (Phi) is 3.71. The highest BCUT2D eigenvalue weighted by atomic mass is 32.1. The number of H-pyrrole nitrogens is 1. The Balaban J connectivity index is 1.82. The summed E-state index contributed by atoms with van der Waals surface area (Å²) in [5.74, 6) is 0.263. The number of aromatic amines is 1. The Morgan fingerprint density at radius 1 is 1.33 bits per heavy atom. The molecule has 1 aromatic carbocycles. The van der Waals surface area contributed by atoms with Crippen LogP contribution in [0.25, 0.3) is 16.7 Å². The van der Waals surface area contributed by atoms with E-state index in [0.29, 0.717) is 5.57 Å². The van der Waals surface area contributed by atoms with Crippen molar-refractivity contribution in [2.75, 3.05) is 5.32 Å². The molecule has 3 aromatic rings. The lowest BCUT2D eigenvalue weighted by Crippen LogP contribution is -1.93. The fraction of sp³-hybridized carbons (Fsp3) is 0. The smallest absolute Gasteiger partial charge is 0.216 e. The van der Waals surface area contributed by atoms with Crippen molar-refractivity contribution in [2.45, 2.75) is 0 Å². The normalized spacial score (nSPS) is 11.1. The van der Waals surface area contributed by atoms with Gasteiger partial charge < -0.3 is 5.32 Å². The molecule has 0 aliphatic rings. The van der Waals surface area contributed by atoms with Crippen LogP contribution in [-0.2, 0) is 0 Å². The summed E-state index contributed by atoms with van der Waals surface area (Å²) in [6.07, 6.45) is 1.57. The van der Waals surface area contributed by atoms with Crippen LogP contribution < -0.4 is 5.32 Å². The average Bonchev–Trinajstić information content (AvgIpc) is 3.22. The molecule has 2 N–H and O–H groups in total. The maximum absolute atomic E-state index is 9.10. The standard InChI is InChI=1S/C14H10N6S/c15-7-12(14-17-19-20-18-14)8-16-13-3-1-2-10(6-13)11-4-5-21-9-11/h1-6,8-9,16H,(H,17,18,19,20). The second-order valence-electron chi connectivity index (χ2n) is 4.14. The van der Waals surface area contributed by atoms with Crippen molar-refractivity contribution in [1.29, 1.82) is 5.26 Å². The molecular formula is C14H10N6S. The minimum atomic E-state index is 0.263. The van der Waals surface area contributed by atoms with Crippen molar-refractivity contribution in [3.63, 3.8) is 0 Å². The van der Waals surface area contributed by atoms with Crippen LogP contribution in [0.5, 0.6) is 0 Å². The first-order valence-corrected chi connectivity index (χ1v) is 7.04. The number of nitrogens with zero attached hydrogens (tertiary/aromatic N) is 4. The summed E-state index contributed by atoms with van der Waals surface area (Å²) in [6.45, 7) is 0. The number of nitriles is 1. The largest absolute Gasteiger partial charge is 0.360 e. The Morgan fingerprint density at radius 2 is 2.29 bits per heavy atom. The van der Waals surface area contributed by atoms with Gasteiger partial charge in [-0.25, -0.2) is 0 Å². The van der Waals surface area contributed by atoms with Gasteiger partial charge in [0.2, 0.25) is 5.82 Å². The summed E-state index contributed by atoms with van der Waals surface area (Å²) in [5, 5.41) is 29.6. The molecule has 0 atom stereocenters. The molecule has 0 bridgehead atoms. The first kappa shape index (κ1) is 13.0. The highest BCUT2D eigenvalue weighted by Crippen LogP contribution is 2.24. The number of benzene rings is 1. The van der Waals surface area contributed by atoms with E-state index in [1.54, 1.807) is 17.5 Å². The van der Waals surface area contributed by atoms with E-state index < -0.39 is 0 Å². The van der Waals surface area contributed by atoms with Gasteiger partial charge in [-0.05, 0) is 45.3 Å². The summed E-state index contributed by atoms with van der Waals surface area (Å²) in [5.41, 5.74) is 3.48. The van der Waals surface area contributed by atoms with Crippen LogP contribution >= 0.6 is 11.3 Å². The third-order valence-corrected chi connectivity index (χ3v) is 3.49. The molecule has 0 amide bonds. The van der Waals surface area contributed by atoms with E-state index in [-0.39, 0.29) is 5.82 Å². The third-order valence-electron chi connectivity index (χ3n) is 2.81. The molecule has 7 heteroatoms. The second-order valence-corrected chi connectivity index (χ2v) is 4.92. The van der Waals surface area contributed by atoms with Gasteiger partial charge in [0.1, 0.15) is 11.6 Å². The van der Waals surface area contributed by atoms with Crippen LogP contribution in [0.3, 0.4) is 0 Å². The van der Waals surface area contributed by atoms with Crippen LogP contribution in [0.2, 0.25) is 0 Å². The SMILES string of the molecule is N#CC(=CNc1cccc(-c2ccsc2)c1)c1nn[nH]n1. The summed E-state index contributed by atoms with van der Waals surface area (Å²) >= 11 is 1.66. The maximum atomic E-state index is 9.10. The topological polar surface area (TPSA) is 90.3 Å². The van der Waals surface area contributed by atoms with E-state index in [4.69, 9.17) is 5.26 Å². The van der Waals surface area contributed by atoms with E-state index in [2.05, 4.69) is 37.4 Å². The summed E-state index contributed by atoms with van der Waals surface area (Å²) < 4.78 is 0. The zero-order valence-electron chi connectivity index (χ0n) is 10.8. The van der Waals surface area contributed by atoms with Gasteiger partial charge in [-0.3, -0.25) is 0 Å². The molecule has 0 radical (unpaired) electrons. The fourth-order valence-corrected chi connectivity index (χ4v) is 2.46. The Labute approximate surface area is 124 Å². The van der Waals surface area contributed by atoms with E-state index in [9.17, 15) is 0 Å². The molecule has 6 nitrogen and oxygen atoms in total. The van der Waals surface area contributed by atoms with Crippen molar-refractivity contribution < 1.29 is 0 Å². The quantitative estimate of drug-likeness (QED) is 0.722. The van der Waals surface area contributed by atoms with Crippen molar-refractivity contribution in [1.82, 2.24) is 20.6 Å². The molecule has 2 aromatic heterocycles. The molecular weight excluding hydrogens is 284 g/mol. The molecule has 21 heavy (non-hydrogen) atoms. The van der Waals surface area contributed by atoms with Gasteiger partial charge in [0.15, 0.2) is 0 Å². The second kappa shape index (κ2) is 5.98. The number of aromatic nitrogens is 4. The molecule has 0 saturated carbocycles. The molecule has 0 unspecified atom stereocenters. The fourth-order valence-electron chi connectivity index (χ4n) is 1.80. The summed E-state index contributed by atoms with van der Waals surface area (Å²) in [7, 11) is 0. The molecule has 0 spiro atoms. The van der Waals surface area contributed by atoms with Crippen LogP contribution in [-0.4, -0.2) is 20.6 Å². The van der Waals surface area contributed by atoms with Gasteiger partial charge in [0.25, 0.3) is 0 Å². The number of thiophene rings is 1. The number of rotatable bonds is 4. The predicted octanol–water partition coefficient (Wildman–Crippen LogP) is 2.90. The molecule has 0 aliphatic heterocycles. The van der Waals surface area contributed by atoms with Crippen LogP contribution in [0, 0.1) is 11.3 Å². The molecule has 3 rings (SSSR count). The number of allylic oxidation sites excluding steroid dienone is 1. The first-order chi connectivity index (χ1) is 10.4. The highest BCUT2D eigenvalue weighted by Gasteiger charge is 2.05. The number of hydrogen-bond donors (Lipinski definition) is 2. The summed E-state index contributed by atoms with van der Waals surface area (Å²) in [4.78, 5) is 0. The summed E-state index contributed by atoms with van der Waals surface area (Å²) in [6, 6.07) is 12.1. The minimum absolute atomic E-state index is 0.263. The van der Waals surface area contributed by atoms with Gasteiger partial charge in [0.05, 0.1) is 0 Å². The van der Waals surface area contributed by atoms with Gasteiger partial charge in [0, 0.05) is 11.9 Å². The van der Waals surface area contributed by atoms with Gasteiger partial charge in [-0.15, -0.1) is 10.2 Å². The zero-order valence-corrected chi connectivity index (χ0v) is 11.6. The highest BCUT2D eigenvalue weighted by molar-refractivity contribution is 7.08. The van der Waals surface area contributed by atoms with E-state index in [1.165, 1.54) is 5.56 Å². The van der Waals surface area contributed by atoms with E-state index >= 15 is 0 Å². The Morgan fingerprint density at radius 3 is 3.00 bits per heavy atom. The van der Waals surface area contributed by atoms with Gasteiger partial charge >= 0.3 is 0 Å². The van der Waals surface area contributed by atoms with Crippen molar-refractivity contribution in [3.05, 3.63) is 53.1 Å². The van der Waals surface area contributed by atoms with E-state index in [1.807, 2.05) is 35.7 Å². The average molecular weight is 294 g/mol. The molecule has 0 aliphatic carbocycles. The van der Waals surface area contributed by atoms with Crippen molar-refractivity contribution >= 4 is 22.6 Å².